The average Bonchev–Trinajstić information content (AvgIpc) is 2.72. The van der Waals surface area contributed by atoms with Crippen LogP contribution in [0.15, 0.2) is 18.2 Å². The number of hydrogen-bond acceptors (Lipinski definition) is 3. The van der Waals surface area contributed by atoms with Gasteiger partial charge < -0.3 is 5.32 Å². The summed E-state index contributed by atoms with van der Waals surface area (Å²) in [4.78, 5) is 25.5. The summed E-state index contributed by atoms with van der Waals surface area (Å²) in [5, 5.41) is 11.6. The van der Waals surface area contributed by atoms with Gasteiger partial charge in [-0.05, 0) is 31.0 Å². The zero-order valence-electron chi connectivity index (χ0n) is 11.6. The van der Waals surface area contributed by atoms with Gasteiger partial charge in [-0.3, -0.25) is 4.79 Å². The molecule has 5 heteroatoms. The lowest BCUT2D eigenvalue weighted by molar-refractivity contribution is -0.118. The monoisotopic (exact) mass is 271 g/mol. The van der Waals surface area contributed by atoms with Crippen LogP contribution in [0.2, 0.25) is 0 Å². The topological polar surface area (TPSA) is 73.2 Å². The van der Waals surface area contributed by atoms with E-state index in [2.05, 4.69) is 5.32 Å². The fourth-order valence-corrected chi connectivity index (χ4v) is 2.28. The van der Waals surface area contributed by atoms with Crippen LogP contribution in [0.25, 0.3) is 0 Å². The molecule has 1 heterocycles. The highest BCUT2D eigenvalue weighted by atomic mass is 16.2. The van der Waals surface area contributed by atoms with Crippen molar-refractivity contribution in [3.8, 4) is 6.07 Å². The maximum Gasteiger partial charge on any atom is 0.329 e. The number of anilines is 1. The van der Waals surface area contributed by atoms with Gasteiger partial charge in [-0.1, -0.05) is 25.8 Å². The van der Waals surface area contributed by atoms with E-state index in [1.54, 1.807) is 18.2 Å². The van der Waals surface area contributed by atoms with Gasteiger partial charge in [0, 0.05) is 0 Å². The van der Waals surface area contributed by atoms with E-state index in [0.29, 0.717) is 17.7 Å². The van der Waals surface area contributed by atoms with Gasteiger partial charge in [0.15, 0.2) is 0 Å². The van der Waals surface area contributed by atoms with Gasteiger partial charge in [-0.25, -0.2) is 9.69 Å². The summed E-state index contributed by atoms with van der Waals surface area (Å²) in [5.74, 6) is -0.235. The zero-order valence-corrected chi connectivity index (χ0v) is 11.6. The zero-order chi connectivity index (χ0) is 14.7. The molecule has 0 spiro atoms. The number of unbranched alkanes of at least 4 members (excludes halogenated alkanes) is 1. The number of amides is 3. The van der Waals surface area contributed by atoms with Crippen molar-refractivity contribution in [1.29, 1.82) is 5.26 Å². The SMILES string of the molecule is CCCC[C@@H]1NC(=O)N(c2cc(C#N)ccc2C)C1=O. The van der Waals surface area contributed by atoms with E-state index < -0.39 is 12.1 Å². The van der Waals surface area contributed by atoms with Gasteiger partial charge in [0.2, 0.25) is 0 Å². The van der Waals surface area contributed by atoms with Crippen molar-refractivity contribution in [1.82, 2.24) is 5.32 Å². The highest BCUT2D eigenvalue weighted by Gasteiger charge is 2.39. The molecule has 0 radical (unpaired) electrons. The fourth-order valence-electron chi connectivity index (χ4n) is 2.28. The molecule has 1 aliphatic heterocycles. The number of urea groups is 1. The van der Waals surface area contributed by atoms with E-state index in [1.165, 1.54) is 0 Å². The molecule has 1 aromatic rings. The lowest BCUT2D eigenvalue weighted by atomic mass is 10.1. The molecule has 0 aromatic heterocycles. The first-order valence-corrected chi connectivity index (χ1v) is 6.73. The minimum Gasteiger partial charge on any atom is -0.325 e. The predicted octanol–water partition coefficient (Wildman–Crippen LogP) is 2.48. The number of rotatable bonds is 4. The Balaban J connectivity index is 2.31. The third kappa shape index (κ3) is 2.50. The second kappa shape index (κ2) is 5.74. The lowest BCUT2D eigenvalue weighted by Gasteiger charge is -2.16. The molecule has 1 aliphatic rings. The second-order valence-corrected chi connectivity index (χ2v) is 4.93. The standard InChI is InChI=1S/C15H17N3O2/c1-3-4-5-12-14(19)18(15(20)17-12)13-8-11(9-16)7-6-10(13)2/h6-8,12H,3-5H2,1-2H3,(H,17,20)/t12-/m0/s1. The molecule has 1 aromatic carbocycles. The Kier molecular flexibility index (Phi) is 4.04. The van der Waals surface area contributed by atoms with E-state index in [0.717, 1.165) is 23.3 Å². The minimum absolute atomic E-state index is 0.235. The summed E-state index contributed by atoms with van der Waals surface area (Å²) in [5.41, 5.74) is 1.72. The molecule has 5 nitrogen and oxygen atoms in total. The molecule has 1 saturated heterocycles. The molecular formula is C15H17N3O2. The van der Waals surface area contributed by atoms with Crippen LogP contribution >= 0.6 is 0 Å². The summed E-state index contributed by atoms with van der Waals surface area (Å²) >= 11 is 0. The Labute approximate surface area is 118 Å². The Morgan fingerprint density at radius 1 is 1.40 bits per heavy atom. The quantitative estimate of drug-likeness (QED) is 0.855. The van der Waals surface area contributed by atoms with Gasteiger partial charge in [0.05, 0.1) is 17.3 Å². The van der Waals surface area contributed by atoms with Crippen LogP contribution in [0.4, 0.5) is 10.5 Å². The molecule has 1 N–H and O–H groups in total. The van der Waals surface area contributed by atoms with Gasteiger partial charge in [-0.2, -0.15) is 5.26 Å². The van der Waals surface area contributed by atoms with Crippen molar-refractivity contribution < 1.29 is 9.59 Å². The largest absolute Gasteiger partial charge is 0.329 e. The summed E-state index contributed by atoms with van der Waals surface area (Å²) in [7, 11) is 0. The summed E-state index contributed by atoms with van der Waals surface area (Å²) in [6.07, 6.45) is 2.51. The normalized spacial score (nSPS) is 18.1. The van der Waals surface area contributed by atoms with Crippen molar-refractivity contribution in [3.63, 3.8) is 0 Å². The van der Waals surface area contributed by atoms with Crippen LogP contribution in [0, 0.1) is 18.3 Å². The van der Waals surface area contributed by atoms with Crippen molar-refractivity contribution in [2.24, 2.45) is 0 Å². The molecule has 0 aliphatic carbocycles. The molecule has 1 fully saturated rings. The van der Waals surface area contributed by atoms with E-state index >= 15 is 0 Å². The fraction of sp³-hybridized carbons (Fsp3) is 0.400. The predicted molar refractivity (Wildman–Crippen MR) is 75.2 cm³/mol. The number of carbonyl (C=O) groups excluding carboxylic acids is 2. The summed E-state index contributed by atoms with van der Waals surface area (Å²) in [6.45, 7) is 3.86. The molecule has 0 unspecified atom stereocenters. The molecule has 104 valence electrons. The van der Waals surface area contributed by atoms with E-state index in [1.807, 2.05) is 19.9 Å². The number of benzene rings is 1. The van der Waals surface area contributed by atoms with E-state index in [-0.39, 0.29) is 5.91 Å². The molecule has 20 heavy (non-hydrogen) atoms. The first kappa shape index (κ1) is 14.1. The first-order chi connectivity index (χ1) is 9.58. The highest BCUT2D eigenvalue weighted by molar-refractivity contribution is 6.21. The smallest absolute Gasteiger partial charge is 0.325 e. The van der Waals surface area contributed by atoms with Crippen molar-refractivity contribution in [2.45, 2.75) is 39.2 Å². The van der Waals surface area contributed by atoms with Crippen LogP contribution < -0.4 is 10.2 Å². The Bertz CT molecular complexity index is 589. The maximum atomic E-state index is 12.3. The molecule has 0 saturated carbocycles. The van der Waals surface area contributed by atoms with Crippen LogP contribution in [0.3, 0.4) is 0 Å². The van der Waals surface area contributed by atoms with Crippen molar-refractivity contribution in [3.05, 3.63) is 29.3 Å². The van der Waals surface area contributed by atoms with Crippen LogP contribution in [0.1, 0.15) is 37.3 Å². The molecule has 1 atom stereocenters. The lowest BCUT2D eigenvalue weighted by Crippen LogP contribution is -2.32. The number of carbonyl (C=O) groups is 2. The number of aryl methyl sites for hydroxylation is 1. The van der Waals surface area contributed by atoms with Gasteiger partial charge in [-0.15, -0.1) is 0 Å². The molecule has 3 amide bonds. The second-order valence-electron chi connectivity index (χ2n) is 4.93. The average molecular weight is 271 g/mol. The van der Waals surface area contributed by atoms with E-state index in [9.17, 15) is 9.59 Å². The Morgan fingerprint density at radius 2 is 2.15 bits per heavy atom. The molecule has 2 rings (SSSR count). The van der Waals surface area contributed by atoms with Crippen molar-refractivity contribution in [2.75, 3.05) is 4.90 Å². The van der Waals surface area contributed by atoms with Crippen LogP contribution in [0.5, 0.6) is 0 Å². The number of nitrogens with zero attached hydrogens (tertiary/aromatic N) is 2. The van der Waals surface area contributed by atoms with Gasteiger partial charge >= 0.3 is 6.03 Å². The summed E-state index contributed by atoms with van der Waals surface area (Å²) in [6, 6.07) is 6.16. The number of hydrogen-bond donors (Lipinski definition) is 1. The number of nitrogens with one attached hydrogen (secondary N) is 1. The van der Waals surface area contributed by atoms with Gasteiger partial charge in [0.1, 0.15) is 6.04 Å². The van der Waals surface area contributed by atoms with Crippen molar-refractivity contribution >= 4 is 17.6 Å². The third-order valence-electron chi connectivity index (χ3n) is 3.44. The molecular weight excluding hydrogens is 254 g/mol. The van der Waals surface area contributed by atoms with Crippen LogP contribution in [-0.4, -0.2) is 18.0 Å². The Hall–Kier alpha value is -2.35. The summed E-state index contributed by atoms with van der Waals surface area (Å²) < 4.78 is 0. The molecule has 0 bridgehead atoms. The highest BCUT2D eigenvalue weighted by Crippen LogP contribution is 2.26. The minimum atomic E-state index is -0.451. The number of nitriles is 1. The third-order valence-corrected chi connectivity index (χ3v) is 3.44. The maximum absolute atomic E-state index is 12.3. The number of imide groups is 1. The van der Waals surface area contributed by atoms with Gasteiger partial charge in [0.25, 0.3) is 5.91 Å². The first-order valence-electron chi connectivity index (χ1n) is 6.73. The Morgan fingerprint density at radius 3 is 2.80 bits per heavy atom. The van der Waals surface area contributed by atoms with Crippen LogP contribution in [-0.2, 0) is 4.79 Å². The van der Waals surface area contributed by atoms with E-state index in [4.69, 9.17) is 5.26 Å².